The van der Waals surface area contributed by atoms with Gasteiger partial charge in [-0.2, -0.15) is 0 Å². The zero-order valence-corrected chi connectivity index (χ0v) is 5.91. The van der Waals surface area contributed by atoms with Gasteiger partial charge in [0.05, 0.1) is 0 Å². The molecule has 0 amide bonds. The third kappa shape index (κ3) is 2.02. The van der Waals surface area contributed by atoms with E-state index in [2.05, 4.69) is 24.9 Å². The highest BCUT2D eigenvalue weighted by atomic mass is 14.9. The first-order valence-electron chi connectivity index (χ1n) is 3.32. The SMILES string of the molecule is C=C(C)CC=C1CNC1. The molecule has 9 heavy (non-hydrogen) atoms. The van der Waals surface area contributed by atoms with Crippen LogP contribution in [0.1, 0.15) is 13.3 Å². The van der Waals surface area contributed by atoms with Crippen LogP contribution in [0.4, 0.5) is 0 Å². The minimum atomic E-state index is 1.05. The maximum absolute atomic E-state index is 3.82. The molecule has 1 fully saturated rings. The largest absolute Gasteiger partial charge is 0.309 e. The van der Waals surface area contributed by atoms with Crippen LogP contribution in [0.15, 0.2) is 23.8 Å². The van der Waals surface area contributed by atoms with Crippen molar-refractivity contribution in [1.29, 1.82) is 0 Å². The molecule has 1 heteroatoms. The molecule has 50 valence electrons. The molecule has 1 saturated heterocycles. The molecule has 1 N–H and O–H groups in total. The molecular weight excluding hydrogens is 110 g/mol. The van der Waals surface area contributed by atoms with Crippen molar-refractivity contribution in [3.63, 3.8) is 0 Å². The second-order valence-corrected chi connectivity index (χ2v) is 2.63. The quantitative estimate of drug-likeness (QED) is 0.548. The molecule has 0 spiro atoms. The molecule has 1 aliphatic rings. The maximum Gasteiger partial charge on any atom is 0.0180 e. The van der Waals surface area contributed by atoms with Gasteiger partial charge in [0, 0.05) is 13.1 Å². The third-order valence-corrected chi connectivity index (χ3v) is 1.44. The van der Waals surface area contributed by atoms with Gasteiger partial charge in [0.25, 0.3) is 0 Å². The van der Waals surface area contributed by atoms with E-state index in [9.17, 15) is 0 Å². The van der Waals surface area contributed by atoms with Crippen molar-refractivity contribution in [2.24, 2.45) is 0 Å². The van der Waals surface area contributed by atoms with Crippen molar-refractivity contribution in [2.75, 3.05) is 13.1 Å². The predicted molar refractivity (Wildman–Crippen MR) is 40.4 cm³/mol. The molecule has 0 atom stereocenters. The molecule has 0 bridgehead atoms. The Morgan fingerprint density at radius 1 is 1.78 bits per heavy atom. The average Bonchev–Trinajstić information content (AvgIpc) is 1.60. The Balaban J connectivity index is 2.22. The van der Waals surface area contributed by atoms with Gasteiger partial charge >= 0.3 is 0 Å². The van der Waals surface area contributed by atoms with Gasteiger partial charge in [-0.1, -0.05) is 18.2 Å². The second kappa shape index (κ2) is 2.83. The van der Waals surface area contributed by atoms with Gasteiger partial charge in [-0.05, 0) is 18.9 Å². The average molecular weight is 123 g/mol. The van der Waals surface area contributed by atoms with Gasteiger partial charge in [-0.3, -0.25) is 0 Å². The Morgan fingerprint density at radius 2 is 2.44 bits per heavy atom. The van der Waals surface area contributed by atoms with E-state index in [-0.39, 0.29) is 0 Å². The van der Waals surface area contributed by atoms with Crippen molar-refractivity contribution in [3.8, 4) is 0 Å². The summed E-state index contributed by atoms with van der Waals surface area (Å²) in [7, 11) is 0. The number of allylic oxidation sites excluding steroid dienone is 2. The fourth-order valence-corrected chi connectivity index (χ4v) is 0.732. The molecule has 0 radical (unpaired) electrons. The van der Waals surface area contributed by atoms with E-state index in [1.54, 1.807) is 0 Å². The lowest BCUT2D eigenvalue weighted by Crippen LogP contribution is -2.33. The summed E-state index contributed by atoms with van der Waals surface area (Å²) in [6.07, 6.45) is 3.32. The molecule has 1 nitrogen and oxygen atoms in total. The molecule has 0 aromatic rings. The highest BCUT2D eigenvalue weighted by Crippen LogP contribution is 2.05. The Hall–Kier alpha value is -0.560. The first-order valence-corrected chi connectivity index (χ1v) is 3.32. The Morgan fingerprint density at radius 3 is 2.78 bits per heavy atom. The predicted octanol–water partition coefficient (Wildman–Crippen LogP) is 1.48. The van der Waals surface area contributed by atoms with E-state index >= 15 is 0 Å². The summed E-state index contributed by atoms with van der Waals surface area (Å²) >= 11 is 0. The van der Waals surface area contributed by atoms with Gasteiger partial charge in [-0.25, -0.2) is 0 Å². The van der Waals surface area contributed by atoms with Crippen LogP contribution in [-0.4, -0.2) is 13.1 Å². The molecule has 1 heterocycles. The van der Waals surface area contributed by atoms with Crippen molar-refractivity contribution < 1.29 is 0 Å². The molecule has 0 aromatic heterocycles. The van der Waals surface area contributed by atoms with Crippen molar-refractivity contribution >= 4 is 0 Å². The molecule has 0 aliphatic carbocycles. The minimum absolute atomic E-state index is 1.05. The van der Waals surface area contributed by atoms with Gasteiger partial charge < -0.3 is 5.32 Å². The zero-order chi connectivity index (χ0) is 6.69. The van der Waals surface area contributed by atoms with Gasteiger partial charge in [0.2, 0.25) is 0 Å². The number of hydrogen-bond acceptors (Lipinski definition) is 1. The van der Waals surface area contributed by atoms with Gasteiger partial charge in [0.15, 0.2) is 0 Å². The van der Waals surface area contributed by atoms with E-state index in [4.69, 9.17) is 0 Å². The number of rotatable bonds is 2. The van der Waals surface area contributed by atoms with Crippen LogP contribution in [0.3, 0.4) is 0 Å². The van der Waals surface area contributed by atoms with E-state index in [1.807, 2.05) is 0 Å². The smallest absolute Gasteiger partial charge is 0.0180 e. The van der Waals surface area contributed by atoms with Crippen LogP contribution < -0.4 is 5.32 Å². The summed E-state index contributed by atoms with van der Waals surface area (Å²) in [4.78, 5) is 0. The summed E-state index contributed by atoms with van der Waals surface area (Å²) in [5.74, 6) is 0. The van der Waals surface area contributed by atoms with E-state index in [0.29, 0.717) is 0 Å². The van der Waals surface area contributed by atoms with Crippen LogP contribution >= 0.6 is 0 Å². The fourth-order valence-electron chi connectivity index (χ4n) is 0.732. The van der Waals surface area contributed by atoms with Crippen LogP contribution in [0.5, 0.6) is 0 Å². The van der Waals surface area contributed by atoms with Crippen molar-refractivity contribution in [3.05, 3.63) is 23.8 Å². The van der Waals surface area contributed by atoms with Crippen LogP contribution in [0, 0.1) is 0 Å². The van der Waals surface area contributed by atoms with E-state index < -0.39 is 0 Å². The van der Waals surface area contributed by atoms with E-state index in [1.165, 1.54) is 11.1 Å². The van der Waals surface area contributed by atoms with Gasteiger partial charge in [0.1, 0.15) is 0 Å². The fraction of sp³-hybridized carbons (Fsp3) is 0.500. The second-order valence-electron chi connectivity index (χ2n) is 2.63. The monoisotopic (exact) mass is 123 g/mol. The van der Waals surface area contributed by atoms with E-state index in [0.717, 1.165) is 19.5 Å². The normalized spacial score (nSPS) is 16.8. The standard InChI is InChI=1S/C8H13N/c1-7(2)3-4-8-5-9-6-8/h4,9H,1,3,5-6H2,2H3. The first-order chi connectivity index (χ1) is 4.29. The lowest BCUT2D eigenvalue weighted by molar-refractivity contribution is 0.664. The highest BCUT2D eigenvalue weighted by molar-refractivity contribution is 5.16. The van der Waals surface area contributed by atoms with Gasteiger partial charge in [-0.15, -0.1) is 0 Å². The molecule has 1 rings (SSSR count). The van der Waals surface area contributed by atoms with Crippen LogP contribution in [-0.2, 0) is 0 Å². The Bertz CT molecular complexity index is 139. The van der Waals surface area contributed by atoms with Crippen LogP contribution in [0.25, 0.3) is 0 Å². The minimum Gasteiger partial charge on any atom is -0.309 e. The lowest BCUT2D eigenvalue weighted by atomic mass is 10.1. The third-order valence-electron chi connectivity index (χ3n) is 1.44. The lowest BCUT2D eigenvalue weighted by Gasteiger charge is -2.18. The Labute approximate surface area is 56.5 Å². The van der Waals surface area contributed by atoms with Crippen molar-refractivity contribution in [1.82, 2.24) is 5.32 Å². The summed E-state index contributed by atoms with van der Waals surface area (Å²) in [5, 5.41) is 3.19. The molecule has 0 unspecified atom stereocenters. The topological polar surface area (TPSA) is 12.0 Å². The Kier molecular flexibility index (Phi) is 2.06. The summed E-state index contributed by atoms with van der Waals surface area (Å²) < 4.78 is 0. The van der Waals surface area contributed by atoms with Crippen molar-refractivity contribution in [2.45, 2.75) is 13.3 Å². The van der Waals surface area contributed by atoms with Crippen LogP contribution in [0.2, 0.25) is 0 Å². The highest BCUT2D eigenvalue weighted by Gasteiger charge is 2.04. The maximum atomic E-state index is 3.82. The molecular formula is C8H13N. The molecule has 0 saturated carbocycles. The summed E-state index contributed by atoms with van der Waals surface area (Å²) in [5.41, 5.74) is 2.77. The first kappa shape index (κ1) is 6.56. The number of hydrogen-bond donors (Lipinski definition) is 1. The molecule has 1 aliphatic heterocycles. The number of nitrogens with one attached hydrogen (secondary N) is 1. The summed E-state index contributed by atoms with van der Waals surface area (Å²) in [6.45, 7) is 8.06. The summed E-state index contributed by atoms with van der Waals surface area (Å²) in [6, 6.07) is 0. The molecule has 0 aromatic carbocycles. The zero-order valence-electron chi connectivity index (χ0n) is 5.91.